The molecule has 3 heterocycles. The Kier molecular flexibility index (Phi) is 4.82. The average molecular weight is 413 g/mol. The van der Waals surface area contributed by atoms with Gasteiger partial charge in [-0.15, -0.1) is 0 Å². The number of carbonyl (C=O) groups is 1. The van der Waals surface area contributed by atoms with Gasteiger partial charge in [-0.1, -0.05) is 12.1 Å². The lowest BCUT2D eigenvalue weighted by molar-refractivity contribution is 0.102. The third kappa shape index (κ3) is 4.09. The number of fused-ring (bicyclic) bond motifs is 1. The molecule has 4 aromatic rings. The van der Waals surface area contributed by atoms with Crippen molar-refractivity contribution in [1.82, 2.24) is 24.7 Å². The van der Waals surface area contributed by atoms with Crippen molar-refractivity contribution in [3.8, 4) is 0 Å². The van der Waals surface area contributed by atoms with Crippen molar-refractivity contribution in [3.05, 3.63) is 71.8 Å². The highest BCUT2D eigenvalue weighted by atomic mass is 16.1. The molecule has 5 rings (SSSR count). The van der Waals surface area contributed by atoms with Gasteiger partial charge >= 0.3 is 0 Å². The minimum Gasteiger partial charge on any atom is -0.362 e. The molecule has 8 nitrogen and oxygen atoms in total. The molecule has 1 amide bonds. The maximum Gasteiger partial charge on any atom is 0.257 e. The fourth-order valence-electron chi connectivity index (χ4n) is 3.55. The molecule has 2 N–H and O–H groups in total. The van der Waals surface area contributed by atoms with Gasteiger partial charge in [0.05, 0.1) is 30.0 Å². The molecule has 1 fully saturated rings. The van der Waals surface area contributed by atoms with Gasteiger partial charge < -0.3 is 10.6 Å². The second-order valence-corrected chi connectivity index (χ2v) is 7.98. The summed E-state index contributed by atoms with van der Waals surface area (Å²) >= 11 is 0. The first kappa shape index (κ1) is 19.2. The molecule has 8 heteroatoms. The van der Waals surface area contributed by atoms with E-state index in [0.717, 1.165) is 40.8 Å². The van der Waals surface area contributed by atoms with Gasteiger partial charge in [0.15, 0.2) is 5.65 Å². The van der Waals surface area contributed by atoms with E-state index in [1.54, 1.807) is 24.8 Å². The molecule has 156 valence electrons. The predicted molar refractivity (Wildman–Crippen MR) is 119 cm³/mol. The molecule has 1 atom stereocenters. The Bertz CT molecular complexity index is 1260. The molecule has 0 saturated heterocycles. The zero-order valence-electron chi connectivity index (χ0n) is 17.4. The second-order valence-electron chi connectivity index (χ2n) is 7.98. The standard InChI is InChI=1S/C23H23N7O/c1-14-8-17(11-24-10-14)23(31)28-18-5-3-4-16(9-18)15(2)27-21-13-25-20-12-26-30(19-6-7-19)22(20)29-21/h3-5,8-13,15,19H,6-7H2,1-2H3,(H,27,29)(H,28,31)/t15-/m0/s1. The summed E-state index contributed by atoms with van der Waals surface area (Å²) in [6.45, 7) is 3.96. The van der Waals surface area contributed by atoms with Gasteiger partial charge in [-0.3, -0.25) is 9.78 Å². The number of carbonyl (C=O) groups excluding carboxylic acids is 1. The molecule has 31 heavy (non-hydrogen) atoms. The van der Waals surface area contributed by atoms with Crippen molar-refractivity contribution >= 4 is 28.6 Å². The molecule has 0 radical (unpaired) electrons. The summed E-state index contributed by atoms with van der Waals surface area (Å²) in [6.07, 6.45) is 9.07. The summed E-state index contributed by atoms with van der Waals surface area (Å²) in [7, 11) is 0. The minimum absolute atomic E-state index is 0.0264. The second kappa shape index (κ2) is 7.79. The predicted octanol–water partition coefficient (Wildman–Crippen LogP) is 4.29. The number of hydrogen-bond donors (Lipinski definition) is 2. The lowest BCUT2D eigenvalue weighted by Gasteiger charge is -2.16. The quantitative estimate of drug-likeness (QED) is 0.489. The first-order valence-electron chi connectivity index (χ1n) is 10.4. The zero-order chi connectivity index (χ0) is 21.4. The summed E-state index contributed by atoms with van der Waals surface area (Å²) in [5, 5.41) is 10.8. The van der Waals surface area contributed by atoms with Gasteiger partial charge in [-0.2, -0.15) is 5.10 Å². The summed E-state index contributed by atoms with van der Waals surface area (Å²) < 4.78 is 1.97. The monoisotopic (exact) mass is 413 g/mol. The number of amides is 1. The van der Waals surface area contributed by atoms with Crippen LogP contribution < -0.4 is 10.6 Å². The highest BCUT2D eigenvalue weighted by Gasteiger charge is 2.26. The van der Waals surface area contributed by atoms with E-state index >= 15 is 0 Å². The van der Waals surface area contributed by atoms with Crippen molar-refractivity contribution in [2.24, 2.45) is 0 Å². The minimum atomic E-state index is -0.182. The Hall–Kier alpha value is -3.81. The van der Waals surface area contributed by atoms with Gasteiger partial charge in [0.2, 0.25) is 0 Å². The van der Waals surface area contributed by atoms with E-state index in [1.165, 1.54) is 0 Å². The maximum atomic E-state index is 12.5. The van der Waals surface area contributed by atoms with Gasteiger partial charge in [0.25, 0.3) is 5.91 Å². The van der Waals surface area contributed by atoms with E-state index < -0.39 is 0 Å². The van der Waals surface area contributed by atoms with Gasteiger partial charge in [-0.25, -0.2) is 14.6 Å². The van der Waals surface area contributed by atoms with E-state index in [4.69, 9.17) is 4.98 Å². The van der Waals surface area contributed by atoms with Crippen LogP contribution in [0.15, 0.2) is 55.1 Å². The highest BCUT2D eigenvalue weighted by molar-refractivity contribution is 6.04. The Balaban J connectivity index is 1.32. The average Bonchev–Trinajstić information content (AvgIpc) is 3.53. The van der Waals surface area contributed by atoms with Crippen LogP contribution in [0.2, 0.25) is 0 Å². The molecule has 1 aliphatic carbocycles. The first-order chi connectivity index (χ1) is 15.1. The molecular formula is C23H23N7O. The zero-order valence-corrected chi connectivity index (χ0v) is 17.4. The van der Waals surface area contributed by atoms with Crippen LogP contribution in [0, 0.1) is 6.92 Å². The number of rotatable bonds is 6. The lowest BCUT2D eigenvalue weighted by atomic mass is 10.1. The number of anilines is 2. The van der Waals surface area contributed by atoms with E-state index in [0.29, 0.717) is 17.4 Å². The SMILES string of the molecule is Cc1cncc(C(=O)Nc2cccc([C@H](C)Nc3cnc4cnn(C5CC5)c4n3)c2)c1. The normalized spacial score (nSPS) is 14.4. The van der Waals surface area contributed by atoms with E-state index in [9.17, 15) is 4.79 Å². The van der Waals surface area contributed by atoms with Gasteiger partial charge in [0, 0.05) is 18.1 Å². The van der Waals surface area contributed by atoms with Crippen LogP contribution in [0.25, 0.3) is 11.2 Å². The number of aromatic nitrogens is 5. The fraction of sp³-hybridized carbons (Fsp3) is 0.261. The van der Waals surface area contributed by atoms with Crippen molar-refractivity contribution in [1.29, 1.82) is 0 Å². The van der Waals surface area contributed by atoms with Crippen LogP contribution in [0.1, 0.15) is 53.3 Å². The molecule has 1 aliphatic rings. The van der Waals surface area contributed by atoms with Crippen molar-refractivity contribution in [2.45, 2.75) is 38.8 Å². The number of hydrogen-bond acceptors (Lipinski definition) is 6. The van der Waals surface area contributed by atoms with E-state index in [-0.39, 0.29) is 11.9 Å². The molecule has 1 saturated carbocycles. The summed E-state index contributed by atoms with van der Waals surface area (Å²) in [6, 6.07) is 10.0. The molecule has 3 aromatic heterocycles. The first-order valence-corrected chi connectivity index (χ1v) is 10.4. The summed E-state index contributed by atoms with van der Waals surface area (Å²) in [4.78, 5) is 25.8. The topological polar surface area (TPSA) is 97.6 Å². The number of nitrogens with zero attached hydrogens (tertiary/aromatic N) is 5. The van der Waals surface area contributed by atoms with Crippen LogP contribution >= 0.6 is 0 Å². The van der Waals surface area contributed by atoms with E-state index in [1.807, 2.05) is 41.9 Å². The largest absolute Gasteiger partial charge is 0.362 e. The van der Waals surface area contributed by atoms with E-state index in [2.05, 4.69) is 32.6 Å². The molecular weight excluding hydrogens is 390 g/mol. The smallest absolute Gasteiger partial charge is 0.257 e. The van der Waals surface area contributed by atoms with Crippen LogP contribution in [0.3, 0.4) is 0 Å². The van der Waals surface area contributed by atoms with Gasteiger partial charge in [-0.05, 0) is 56.0 Å². The number of benzene rings is 1. The Morgan fingerprint density at radius 1 is 1.16 bits per heavy atom. The summed E-state index contributed by atoms with van der Waals surface area (Å²) in [5.74, 6) is 0.515. The lowest BCUT2D eigenvalue weighted by Crippen LogP contribution is -2.13. The third-order valence-corrected chi connectivity index (χ3v) is 5.34. The van der Waals surface area contributed by atoms with Crippen LogP contribution in [0.5, 0.6) is 0 Å². The molecule has 0 spiro atoms. The van der Waals surface area contributed by atoms with Crippen molar-refractivity contribution in [2.75, 3.05) is 10.6 Å². The maximum absolute atomic E-state index is 12.5. The van der Waals surface area contributed by atoms with Crippen molar-refractivity contribution in [3.63, 3.8) is 0 Å². The van der Waals surface area contributed by atoms with Crippen LogP contribution in [0.4, 0.5) is 11.5 Å². The Morgan fingerprint density at radius 3 is 2.84 bits per heavy atom. The Labute approximate surface area is 179 Å². The molecule has 1 aromatic carbocycles. The highest BCUT2D eigenvalue weighted by Crippen LogP contribution is 2.36. The van der Waals surface area contributed by atoms with Crippen LogP contribution in [-0.2, 0) is 0 Å². The summed E-state index contributed by atoms with van der Waals surface area (Å²) in [5.41, 5.74) is 4.85. The number of nitrogens with one attached hydrogen (secondary N) is 2. The van der Waals surface area contributed by atoms with Crippen molar-refractivity contribution < 1.29 is 4.79 Å². The number of pyridine rings is 1. The number of aryl methyl sites for hydroxylation is 1. The Morgan fingerprint density at radius 2 is 2.03 bits per heavy atom. The molecule has 0 unspecified atom stereocenters. The fourth-order valence-corrected chi connectivity index (χ4v) is 3.55. The van der Waals surface area contributed by atoms with Crippen LogP contribution in [-0.4, -0.2) is 30.6 Å². The third-order valence-electron chi connectivity index (χ3n) is 5.34. The molecule has 0 aliphatic heterocycles. The van der Waals surface area contributed by atoms with Gasteiger partial charge in [0.1, 0.15) is 11.3 Å². The molecule has 0 bridgehead atoms.